The maximum absolute atomic E-state index is 12.6. The van der Waals surface area contributed by atoms with E-state index >= 15 is 0 Å². The van der Waals surface area contributed by atoms with Crippen LogP contribution in [0, 0.1) is 0 Å². The van der Waals surface area contributed by atoms with Gasteiger partial charge in [-0.3, -0.25) is 4.79 Å². The first-order chi connectivity index (χ1) is 8.01. The maximum Gasteiger partial charge on any atom is 0.242 e. The molecule has 3 unspecified atom stereocenters. The summed E-state index contributed by atoms with van der Waals surface area (Å²) < 4.78 is 5.67. The second kappa shape index (κ2) is 6.22. The lowest BCUT2D eigenvalue weighted by Gasteiger charge is -2.42. The van der Waals surface area contributed by atoms with Crippen LogP contribution in [-0.4, -0.2) is 48.2 Å². The molecule has 2 saturated heterocycles. The molecule has 18 heavy (non-hydrogen) atoms. The van der Waals surface area contributed by atoms with Crippen molar-refractivity contribution < 1.29 is 9.53 Å². The molecule has 2 fully saturated rings. The highest BCUT2D eigenvalue weighted by molar-refractivity contribution is 5.86. The van der Waals surface area contributed by atoms with Crippen molar-refractivity contribution >= 4 is 18.3 Å². The Hall–Kier alpha value is -0.320. The molecule has 1 amide bonds. The molecule has 2 aliphatic rings. The summed E-state index contributed by atoms with van der Waals surface area (Å²) in [5.74, 6) is 0.249. The summed E-state index contributed by atoms with van der Waals surface area (Å²) in [6.45, 7) is 8.51. The van der Waals surface area contributed by atoms with Gasteiger partial charge in [-0.1, -0.05) is 0 Å². The molecule has 0 saturated carbocycles. The van der Waals surface area contributed by atoms with Gasteiger partial charge in [0, 0.05) is 13.1 Å². The van der Waals surface area contributed by atoms with Gasteiger partial charge in [0.1, 0.15) is 0 Å². The summed E-state index contributed by atoms with van der Waals surface area (Å²) in [4.78, 5) is 14.5. The van der Waals surface area contributed by atoms with E-state index in [2.05, 4.69) is 5.32 Å². The zero-order valence-electron chi connectivity index (χ0n) is 11.6. The van der Waals surface area contributed by atoms with Crippen molar-refractivity contribution in [2.45, 2.75) is 57.8 Å². The van der Waals surface area contributed by atoms with Crippen LogP contribution in [0.5, 0.6) is 0 Å². The molecule has 4 nitrogen and oxygen atoms in total. The van der Waals surface area contributed by atoms with E-state index in [9.17, 15) is 4.79 Å². The average molecular weight is 277 g/mol. The number of halogens is 1. The van der Waals surface area contributed by atoms with Crippen LogP contribution >= 0.6 is 12.4 Å². The number of hydrogen-bond donors (Lipinski definition) is 1. The van der Waals surface area contributed by atoms with Gasteiger partial charge < -0.3 is 15.0 Å². The number of amides is 1. The molecule has 2 aliphatic heterocycles. The molecule has 0 aromatic rings. The smallest absolute Gasteiger partial charge is 0.242 e. The standard InChI is InChI=1S/C13H24N2O2.ClH/c1-10-8-15(9-11(2)17-10)12(16)13(3)6-4-5-7-14-13;/h10-11,14H,4-9H2,1-3H3;1H. The van der Waals surface area contributed by atoms with Crippen LogP contribution in [0.2, 0.25) is 0 Å². The Morgan fingerprint density at radius 2 is 1.89 bits per heavy atom. The molecule has 0 aromatic heterocycles. The first-order valence-electron chi connectivity index (χ1n) is 6.71. The first-order valence-corrected chi connectivity index (χ1v) is 6.71. The van der Waals surface area contributed by atoms with Crippen LogP contribution < -0.4 is 5.32 Å². The van der Waals surface area contributed by atoms with Crippen LogP contribution in [0.4, 0.5) is 0 Å². The fourth-order valence-corrected chi connectivity index (χ4v) is 2.93. The number of nitrogens with one attached hydrogen (secondary N) is 1. The fourth-order valence-electron chi connectivity index (χ4n) is 2.93. The number of nitrogens with zero attached hydrogens (tertiary/aromatic N) is 1. The molecular formula is C13H25ClN2O2. The van der Waals surface area contributed by atoms with Crippen LogP contribution in [0.25, 0.3) is 0 Å². The Morgan fingerprint density at radius 1 is 1.28 bits per heavy atom. The third kappa shape index (κ3) is 3.37. The Bertz CT molecular complexity index is 283. The predicted octanol–water partition coefficient (Wildman–Crippen LogP) is 1.58. The SMILES string of the molecule is CC1CN(C(=O)C2(C)CCCCN2)CC(C)O1.Cl. The van der Waals surface area contributed by atoms with E-state index in [-0.39, 0.29) is 36.1 Å². The Labute approximate surface area is 116 Å². The third-order valence-electron chi connectivity index (χ3n) is 3.80. The molecular weight excluding hydrogens is 252 g/mol. The van der Waals surface area contributed by atoms with Gasteiger partial charge in [-0.05, 0) is 46.6 Å². The van der Waals surface area contributed by atoms with Gasteiger partial charge in [0.15, 0.2) is 0 Å². The zero-order valence-corrected chi connectivity index (χ0v) is 12.4. The Morgan fingerprint density at radius 3 is 2.39 bits per heavy atom. The molecule has 0 aliphatic carbocycles. The lowest BCUT2D eigenvalue weighted by Crippen LogP contribution is -2.61. The Kier molecular flexibility index (Phi) is 5.44. The van der Waals surface area contributed by atoms with Crippen molar-refractivity contribution in [3.63, 3.8) is 0 Å². The minimum absolute atomic E-state index is 0. The van der Waals surface area contributed by atoms with Gasteiger partial charge in [-0.15, -0.1) is 12.4 Å². The number of hydrogen-bond acceptors (Lipinski definition) is 3. The normalized spacial score (nSPS) is 36.9. The van der Waals surface area contributed by atoms with E-state index in [1.165, 1.54) is 6.42 Å². The van der Waals surface area contributed by atoms with Gasteiger partial charge in [-0.2, -0.15) is 0 Å². The minimum atomic E-state index is -0.352. The van der Waals surface area contributed by atoms with E-state index in [0.29, 0.717) is 0 Å². The molecule has 106 valence electrons. The number of piperidine rings is 1. The van der Waals surface area contributed by atoms with Crippen molar-refractivity contribution in [2.75, 3.05) is 19.6 Å². The van der Waals surface area contributed by atoms with Gasteiger partial charge in [0.05, 0.1) is 17.7 Å². The van der Waals surface area contributed by atoms with E-state index in [1.807, 2.05) is 25.7 Å². The number of ether oxygens (including phenoxy) is 1. The molecule has 2 rings (SSSR count). The highest BCUT2D eigenvalue weighted by Gasteiger charge is 2.39. The molecule has 0 radical (unpaired) electrons. The second-order valence-corrected chi connectivity index (χ2v) is 5.68. The van der Waals surface area contributed by atoms with Crippen LogP contribution in [0.15, 0.2) is 0 Å². The lowest BCUT2D eigenvalue weighted by molar-refractivity contribution is -0.150. The lowest BCUT2D eigenvalue weighted by atomic mass is 9.89. The summed E-state index contributed by atoms with van der Waals surface area (Å²) >= 11 is 0. The zero-order chi connectivity index (χ0) is 12.5. The monoisotopic (exact) mass is 276 g/mol. The summed E-state index contributed by atoms with van der Waals surface area (Å²) in [5.41, 5.74) is -0.352. The van der Waals surface area contributed by atoms with Crippen molar-refractivity contribution in [1.29, 1.82) is 0 Å². The number of morpholine rings is 1. The number of carbonyl (C=O) groups is 1. The quantitative estimate of drug-likeness (QED) is 0.791. The minimum Gasteiger partial charge on any atom is -0.372 e. The van der Waals surface area contributed by atoms with E-state index < -0.39 is 0 Å². The van der Waals surface area contributed by atoms with Crippen LogP contribution in [0.3, 0.4) is 0 Å². The second-order valence-electron chi connectivity index (χ2n) is 5.68. The Balaban J connectivity index is 0.00000162. The molecule has 0 spiro atoms. The molecule has 2 heterocycles. The molecule has 0 bridgehead atoms. The van der Waals surface area contributed by atoms with E-state index in [1.54, 1.807) is 0 Å². The van der Waals surface area contributed by atoms with Crippen LogP contribution in [0.1, 0.15) is 40.0 Å². The summed E-state index contributed by atoms with van der Waals surface area (Å²) in [7, 11) is 0. The van der Waals surface area contributed by atoms with Crippen molar-refractivity contribution in [1.82, 2.24) is 10.2 Å². The topological polar surface area (TPSA) is 41.6 Å². The van der Waals surface area contributed by atoms with Gasteiger partial charge in [-0.25, -0.2) is 0 Å². The predicted molar refractivity (Wildman–Crippen MR) is 74.1 cm³/mol. The molecule has 0 aromatic carbocycles. The van der Waals surface area contributed by atoms with E-state index in [0.717, 1.165) is 32.5 Å². The molecule has 1 N–H and O–H groups in total. The van der Waals surface area contributed by atoms with Crippen molar-refractivity contribution in [3.05, 3.63) is 0 Å². The maximum atomic E-state index is 12.6. The molecule has 5 heteroatoms. The number of carbonyl (C=O) groups excluding carboxylic acids is 1. The summed E-state index contributed by atoms with van der Waals surface area (Å²) in [5, 5.41) is 3.39. The third-order valence-corrected chi connectivity index (χ3v) is 3.80. The average Bonchev–Trinajstić information content (AvgIpc) is 2.27. The van der Waals surface area contributed by atoms with Crippen molar-refractivity contribution in [2.24, 2.45) is 0 Å². The summed E-state index contributed by atoms with van der Waals surface area (Å²) in [6, 6.07) is 0. The first kappa shape index (κ1) is 15.7. The van der Waals surface area contributed by atoms with Gasteiger partial charge >= 0.3 is 0 Å². The fraction of sp³-hybridized carbons (Fsp3) is 0.923. The highest BCUT2D eigenvalue weighted by Crippen LogP contribution is 2.23. The van der Waals surface area contributed by atoms with Gasteiger partial charge in [0.2, 0.25) is 5.91 Å². The summed E-state index contributed by atoms with van der Waals surface area (Å²) in [6.07, 6.45) is 3.57. The van der Waals surface area contributed by atoms with Crippen LogP contribution in [-0.2, 0) is 9.53 Å². The van der Waals surface area contributed by atoms with Crippen molar-refractivity contribution in [3.8, 4) is 0 Å². The molecule has 3 atom stereocenters. The largest absolute Gasteiger partial charge is 0.372 e. The highest BCUT2D eigenvalue weighted by atomic mass is 35.5. The van der Waals surface area contributed by atoms with Gasteiger partial charge in [0.25, 0.3) is 0 Å². The van der Waals surface area contributed by atoms with E-state index in [4.69, 9.17) is 4.74 Å². The number of rotatable bonds is 1.